The van der Waals surface area contributed by atoms with Gasteiger partial charge in [-0.15, -0.1) is 0 Å². The minimum atomic E-state index is -3.79. The highest BCUT2D eigenvalue weighted by atomic mass is 32.2. The summed E-state index contributed by atoms with van der Waals surface area (Å²) in [6.07, 6.45) is 6.56. The van der Waals surface area contributed by atoms with Crippen molar-refractivity contribution in [3.8, 4) is 0 Å². The monoisotopic (exact) mass is 320 g/mol. The van der Waals surface area contributed by atoms with E-state index in [4.69, 9.17) is 4.55 Å². The smallest absolute Gasteiger partial charge is 0.264 e. The maximum absolute atomic E-state index is 10.7. The van der Waals surface area contributed by atoms with Crippen LogP contribution in [0, 0.1) is 5.92 Å². The minimum absolute atomic E-state index is 0.112. The number of nitrogens with zero attached hydrogens (tertiary/aromatic N) is 2. The second-order valence-corrected chi connectivity index (χ2v) is 7.82. The van der Waals surface area contributed by atoms with E-state index in [1.165, 1.54) is 32.2 Å². The van der Waals surface area contributed by atoms with Gasteiger partial charge < -0.3 is 0 Å². The summed E-state index contributed by atoms with van der Waals surface area (Å²) in [6, 6.07) is 0. The summed E-state index contributed by atoms with van der Waals surface area (Å²) >= 11 is 0. The van der Waals surface area contributed by atoms with Gasteiger partial charge in [0.15, 0.2) is 0 Å². The topological polar surface area (TPSA) is 60.9 Å². The summed E-state index contributed by atoms with van der Waals surface area (Å²) in [4.78, 5) is 4.91. The van der Waals surface area contributed by atoms with Crippen molar-refractivity contribution in [2.45, 2.75) is 52.4 Å². The number of unbranched alkanes of at least 4 members (excludes halogenated alkanes) is 2. The summed E-state index contributed by atoms with van der Waals surface area (Å²) in [5, 5.41) is 0. The molecule has 1 N–H and O–H groups in total. The Labute approximate surface area is 130 Å². The van der Waals surface area contributed by atoms with E-state index in [-0.39, 0.29) is 5.75 Å². The van der Waals surface area contributed by atoms with E-state index in [0.717, 1.165) is 38.6 Å². The molecule has 1 fully saturated rings. The lowest BCUT2D eigenvalue weighted by molar-refractivity contribution is 0.209. The molecule has 0 amide bonds. The van der Waals surface area contributed by atoms with Gasteiger partial charge >= 0.3 is 0 Å². The molecule has 1 heterocycles. The second kappa shape index (κ2) is 9.77. The van der Waals surface area contributed by atoms with Gasteiger partial charge in [0.2, 0.25) is 0 Å². The molecule has 0 aromatic carbocycles. The Kier molecular flexibility index (Phi) is 8.78. The SMILES string of the molecule is CCCCC(CC)CN1CCN(CCCCS(=O)(=O)O)C1. The standard InChI is InChI=1S/C15H32N2O3S/c1-3-5-8-15(4-2)13-17-11-10-16(14-17)9-6-7-12-21(18,19)20/h15H,3-14H2,1-2H3,(H,18,19,20). The molecule has 1 aliphatic heterocycles. The van der Waals surface area contributed by atoms with E-state index in [1.807, 2.05) is 0 Å². The Bertz CT molecular complexity index is 373. The molecular formula is C15H32N2O3S. The van der Waals surface area contributed by atoms with Crippen molar-refractivity contribution in [2.24, 2.45) is 5.92 Å². The predicted molar refractivity (Wildman–Crippen MR) is 87.0 cm³/mol. The Morgan fingerprint density at radius 3 is 2.43 bits per heavy atom. The van der Waals surface area contributed by atoms with Gasteiger partial charge in [-0.1, -0.05) is 33.1 Å². The molecule has 126 valence electrons. The lowest BCUT2D eigenvalue weighted by Crippen LogP contribution is -2.30. The second-order valence-electron chi connectivity index (χ2n) is 6.25. The van der Waals surface area contributed by atoms with Gasteiger partial charge in [-0.05, 0) is 31.7 Å². The summed E-state index contributed by atoms with van der Waals surface area (Å²) in [7, 11) is -3.79. The molecule has 1 atom stereocenters. The molecule has 1 aliphatic rings. The average Bonchev–Trinajstić information content (AvgIpc) is 2.86. The number of hydrogen-bond acceptors (Lipinski definition) is 4. The van der Waals surface area contributed by atoms with Gasteiger partial charge in [0.1, 0.15) is 0 Å². The summed E-state index contributed by atoms with van der Waals surface area (Å²) in [5.41, 5.74) is 0. The molecule has 21 heavy (non-hydrogen) atoms. The van der Waals surface area contributed by atoms with Crippen LogP contribution in [0.5, 0.6) is 0 Å². The molecule has 0 bridgehead atoms. The zero-order chi connectivity index (χ0) is 15.7. The van der Waals surface area contributed by atoms with Crippen molar-refractivity contribution >= 4 is 10.1 Å². The number of rotatable bonds is 11. The van der Waals surface area contributed by atoms with Gasteiger partial charge in [0.25, 0.3) is 10.1 Å². The minimum Gasteiger partial charge on any atom is -0.289 e. The molecule has 0 aromatic heterocycles. The van der Waals surface area contributed by atoms with Crippen molar-refractivity contribution in [2.75, 3.05) is 38.6 Å². The van der Waals surface area contributed by atoms with Crippen LogP contribution in [0.25, 0.3) is 0 Å². The fourth-order valence-electron chi connectivity index (χ4n) is 2.94. The van der Waals surface area contributed by atoms with Crippen LogP contribution < -0.4 is 0 Å². The Hall–Kier alpha value is -0.170. The number of hydrogen-bond donors (Lipinski definition) is 1. The fourth-order valence-corrected chi connectivity index (χ4v) is 3.51. The van der Waals surface area contributed by atoms with E-state index < -0.39 is 10.1 Å². The van der Waals surface area contributed by atoms with Crippen molar-refractivity contribution in [3.05, 3.63) is 0 Å². The van der Waals surface area contributed by atoms with Crippen molar-refractivity contribution in [1.29, 1.82) is 0 Å². The highest BCUT2D eigenvalue weighted by Crippen LogP contribution is 2.16. The maximum atomic E-state index is 10.7. The molecule has 0 radical (unpaired) electrons. The first kappa shape index (κ1) is 18.9. The van der Waals surface area contributed by atoms with E-state index in [1.54, 1.807) is 0 Å². The molecule has 1 unspecified atom stereocenters. The summed E-state index contributed by atoms with van der Waals surface area (Å²) < 4.78 is 30.0. The van der Waals surface area contributed by atoms with Crippen LogP contribution in [-0.2, 0) is 10.1 Å². The Morgan fingerprint density at radius 2 is 1.81 bits per heavy atom. The Morgan fingerprint density at radius 1 is 1.10 bits per heavy atom. The third kappa shape index (κ3) is 8.76. The molecule has 0 spiro atoms. The van der Waals surface area contributed by atoms with Crippen LogP contribution in [-0.4, -0.2) is 61.4 Å². The molecule has 1 rings (SSSR count). The van der Waals surface area contributed by atoms with E-state index in [2.05, 4.69) is 23.6 Å². The zero-order valence-corrected chi connectivity index (χ0v) is 14.4. The predicted octanol–water partition coefficient (Wildman–Crippen LogP) is 2.45. The highest BCUT2D eigenvalue weighted by molar-refractivity contribution is 7.85. The highest BCUT2D eigenvalue weighted by Gasteiger charge is 2.21. The van der Waals surface area contributed by atoms with E-state index >= 15 is 0 Å². The van der Waals surface area contributed by atoms with Gasteiger partial charge in [-0.3, -0.25) is 14.4 Å². The third-order valence-corrected chi connectivity index (χ3v) is 5.12. The van der Waals surface area contributed by atoms with Crippen LogP contribution in [0.4, 0.5) is 0 Å². The van der Waals surface area contributed by atoms with Gasteiger partial charge in [-0.25, -0.2) is 0 Å². The van der Waals surface area contributed by atoms with E-state index in [9.17, 15) is 8.42 Å². The summed E-state index contributed by atoms with van der Waals surface area (Å²) in [6.45, 7) is 9.86. The van der Waals surface area contributed by atoms with E-state index in [0.29, 0.717) is 6.42 Å². The first-order chi connectivity index (χ1) is 9.94. The quantitative estimate of drug-likeness (QED) is 0.468. The van der Waals surface area contributed by atoms with Crippen LogP contribution in [0.2, 0.25) is 0 Å². The molecular weight excluding hydrogens is 288 g/mol. The first-order valence-corrected chi connectivity index (χ1v) is 9.95. The van der Waals surface area contributed by atoms with Crippen molar-refractivity contribution in [3.63, 3.8) is 0 Å². The molecule has 0 aliphatic carbocycles. The van der Waals surface area contributed by atoms with Crippen LogP contribution in [0.3, 0.4) is 0 Å². The summed E-state index contributed by atoms with van der Waals surface area (Å²) in [5.74, 6) is 0.698. The molecule has 6 heteroatoms. The van der Waals surface area contributed by atoms with Crippen molar-refractivity contribution < 1.29 is 13.0 Å². The van der Waals surface area contributed by atoms with Crippen LogP contribution in [0.1, 0.15) is 52.4 Å². The maximum Gasteiger partial charge on any atom is 0.264 e. The molecule has 0 saturated carbocycles. The largest absolute Gasteiger partial charge is 0.289 e. The van der Waals surface area contributed by atoms with Gasteiger partial charge in [0, 0.05) is 19.6 Å². The van der Waals surface area contributed by atoms with Crippen LogP contribution in [0.15, 0.2) is 0 Å². The zero-order valence-electron chi connectivity index (χ0n) is 13.6. The van der Waals surface area contributed by atoms with Crippen LogP contribution >= 0.6 is 0 Å². The molecule has 5 nitrogen and oxygen atoms in total. The lowest BCUT2D eigenvalue weighted by atomic mass is 9.99. The fraction of sp³-hybridized carbons (Fsp3) is 1.00. The van der Waals surface area contributed by atoms with Gasteiger partial charge in [0.05, 0.1) is 12.4 Å². The average molecular weight is 320 g/mol. The molecule has 0 aromatic rings. The lowest BCUT2D eigenvalue weighted by Gasteiger charge is -2.23. The Balaban J connectivity index is 2.16. The van der Waals surface area contributed by atoms with Crippen molar-refractivity contribution in [1.82, 2.24) is 9.80 Å². The third-order valence-electron chi connectivity index (χ3n) is 4.32. The molecule has 1 saturated heterocycles. The first-order valence-electron chi connectivity index (χ1n) is 8.34. The van der Waals surface area contributed by atoms with Gasteiger partial charge in [-0.2, -0.15) is 8.42 Å². The normalized spacial score (nSPS) is 19.2.